The molecule has 1 amide bonds. The van der Waals surface area contributed by atoms with Crippen LogP contribution in [-0.4, -0.2) is 60.8 Å². The van der Waals surface area contributed by atoms with Crippen molar-refractivity contribution in [2.75, 3.05) is 20.7 Å². The number of carbonyl (C=O) groups excluding carboxylic acids is 2. The van der Waals surface area contributed by atoms with Gasteiger partial charge in [0.2, 0.25) is 5.91 Å². The third kappa shape index (κ3) is 2.51. The fourth-order valence-electron chi connectivity index (χ4n) is 1.99. The average Bonchev–Trinajstić information content (AvgIpc) is 2.68. The third-order valence-electron chi connectivity index (χ3n) is 2.91. The Bertz CT molecular complexity index is 282. The first-order valence-corrected chi connectivity index (χ1v) is 5.24. The van der Waals surface area contributed by atoms with Gasteiger partial charge in [0, 0.05) is 20.0 Å². The van der Waals surface area contributed by atoms with Crippen molar-refractivity contribution < 1.29 is 19.4 Å². The second-order valence-electron chi connectivity index (χ2n) is 3.92. The molecule has 1 aliphatic heterocycles. The van der Waals surface area contributed by atoms with E-state index in [1.807, 2.05) is 0 Å². The first-order valence-electron chi connectivity index (χ1n) is 5.24. The maximum atomic E-state index is 11.5. The molecular formula is C10H18N2O4. The standard InChI is InChI=1S/C10H18N2O4/c1-6(9(14)11-2)12-5-7(13)4-8(12)10(15)16-3/h6-8,13H,4-5H2,1-3H3,(H,11,14). The normalized spacial score (nSPS) is 27.5. The van der Waals surface area contributed by atoms with Gasteiger partial charge in [-0.25, -0.2) is 0 Å². The van der Waals surface area contributed by atoms with Crippen molar-refractivity contribution >= 4 is 11.9 Å². The minimum absolute atomic E-state index is 0.178. The molecule has 0 aliphatic carbocycles. The lowest BCUT2D eigenvalue weighted by atomic mass is 10.2. The third-order valence-corrected chi connectivity index (χ3v) is 2.91. The van der Waals surface area contributed by atoms with Crippen molar-refractivity contribution in [2.24, 2.45) is 0 Å². The van der Waals surface area contributed by atoms with Crippen molar-refractivity contribution in [3.8, 4) is 0 Å². The molecule has 0 bridgehead atoms. The van der Waals surface area contributed by atoms with Gasteiger partial charge in [0.1, 0.15) is 6.04 Å². The lowest BCUT2D eigenvalue weighted by Crippen LogP contribution is -2.49. The number of nitrogens with zero attached hydrogens (tertiary/aromatic N) is 1. The second kappa shape index (κ2) is 5.27. The molecule has 6 heteroatoms. The van der Waals surface area contributed by atoms with Crippen molar-refractivity contribution in [3.05, 3.63) is 0 Å². The summed E-state index contributed by atoms with van der Waals surface area (Å²) in [5.74, 6) is -0.588. The zero-order chi connectivity index (χ0) is 12.3. The van der Waals surface area contributed by atoms with Crippen LogP contribution in [0.1, 0.15) is 13.3 Å². The molecule has 1 rings (SSSR count). The molecule has 92 valence electrons. The number of hydrogen-bond donors (Lipinski definition) is 2. The van der Waals surface area contributed by atoms with Crippen molar-refractivity contribution in [2.45, 2.75) is 31.5 Å². The Labute approximate surface area is 94.6 Å². The first-order chi connectivity index (χ1) is 7.51. The predicted molar refractivity (Wildman–Crippen MR) is 56.7 cm³/mol. The number of nitrogens with one attached hydrogen (secondary N) is 1. The molecule has 0 spiro atoms. The molecule has 1 saturated heterocycles. The van der Waals surface area contributed by atoms with E-state index in [1.165, 1.54) is 7.11 Å². The van der Waals surface area contributed by atoms with Crippen LogP contribution in [0, 0.1) is 0 Å². The average molecular weight is 230 g/mol. The highest BCUT2D eigenvalue weighted by atomic mass is 16.5. The van der Waals surface area contributed by atoms with Gasteiger partial charge >= 0.3 is 5.97 Å². The van der Waals surface area contributed by atoms with E-state index in [2.05, 4.69) is 10.1 Å². The number of hydrogen-bond acceptors (Lipinski definition) is 5. The molecule has 0 aromatic carbocycles. The van der Waals surface area contributed by atoms with E-state index < -0.39 is 24.2 Å². The molecule has 2 N–H and O–H groups in total. The Hall–Kier alpha value is -1.14. The van der Waals surface area contributed by atoms with Crippen LogP contribution in [0.5, 0.6) is 0 Å². The summed E-state index contributed by atoms with van der Waals surface area (Å²) in [6.07, 6.45) is -0.273. The molecule has 3 unspecified atom stereocenters. The van der Waals surface area contributed by atoms with Crippen LogP contribution >= 0.6 is 0 Å². The zero-order valence-corrected chi connectivity index (χ0v) is 9.77. The van der Waals surface area contributed by atoms with Gasteiger partial charge < -0.3 is 15.2 Å². The van der Waals surface area contributed by atoms with E-state index in [-0.39, 0.29) is 5.91 Å². The smallest absolute Gasteiger partial charge is 0.323 e. The Kier molecular flexibility index (Phi) is 4.26. The second-order valence-corrected chi connectivity index (χ2v) is 3.92. The summed E-state index contributed by atoms with van der Waals surface area (Å²) in [4.78, 5) is 24.6. The zero-order valence-electron chi connectivity index (χ0n) is 9.77. The van der Waals surface area contributed by atoms with Crippen LogP contribution in [-0.2, 0) is 14.3 Å². The van der Waals surface area contributed by atoms with E-state index in [1.54, 1.807) is 18.9 Å². The van der Waals surface area contributed by atoms with Crippen LogP contribution in [0.2, 0.25) is 0 Å². The maximum Gasteiger partial charge on any atom is 0.323 e. The molecule has 0 aromatic heterocycles. The van der Waals surface area contributed by atoms with Crippen molar-refractivity contribution in [1.29, 1.82) is 0 Å². The molecule has 16 heavy (non-hydrogen) atoms. The van der Waals surface area contributed by atoms with Crippen LogP contribution in [0.15, 0.2) is 0 Å². The predicted octanol–water partition coefficient (Wildman–Crippen LogP) is -1.27. The Morgan fingerprint density at radius 1 is 1.56 bits per heavy atom. The number of likely N-dealkylation sites (N-methyl/N-ethyl adjacent to an activating group) is 1. The van der Waals surface area contributed by atoms with Gasteiger partial charge in [-0.1, -0.05) is 0 Å². The van der Waals surface area contributed by atoms with E-state index in [0.29, 0.717) is 13.0 Å². The Balaban J connectivity index is 2.76. The number of aliphatic hydroxyl groups is 1. The maximum absolute atomic E-state index is 11.5. The monoisotopic (exact) mass is 230 g/mol. The summed E-state index contributed by atoms with van der Waals surface area (Å²) in [6, 6.07) is -0.987. The molecule has 1 heterocycles. The van der Waals surface area contributed by atoms with E-state index in [9.17, 15) is 14.7 Å². The van der Waals surface area contributed by atoms with Crippen LogP contribution in [0.4, 0.5) is 0 Å². The Morgan fingerprint density at radius 2 is 2.19 bits per heavy atom. The number of aliphatic hydroxyl groups excluding tert-OH is 1. The van der Waals surface area contributed by atoms with Crippen molar-refractivity contribution in [3.63, 3.8) is 0 Å². The molecule has 3 atom stereocenters. The largest absolute Gasteiger partial charge is 0.468 e. The van der Waals surface area contributed by atoms with Crippen molar-refractivity contribution in [1.82, 2.24) is 10.2 Å². The van der Waals surface area contributed by atoms with Crippen LogP contribution < -0.4 is 5.32 Å². The van der Waals surface area contributed by atoms with Gasteiger partial charge in [-0.2, -0.15) is 0 Å². The number of amides is 1. The first kappa shape index (κ1) is 12.9. The number of esters is 1. The van der Waals surface area contributed by atoms with E-state index >= 15 is 0 Å². The molecular weight excluding hydrogens is 212 g/mol. The fraction of sp³-hybridized carbons (Fsp3) is 0.800. The molecule has 1 aliphatic rings. The van der Waals surface area contributed by atoms with E-state index in [0.717, 1.165) is 0 Å². The number of ether oxygens (including phenoxy) is 1. The number of rotatable bonds is 3. The van der Waals surface area contributed by atoms with Gasteiger partial charge in [-0.05, 0) is 6.92 Å². The summed E-state index contributed by atoms with van der Waals surface area (Å²) < 4.78 is 4.65. The summed E-state index contributed by atoms with van der Waals surface area (Å²) in [7, 11) is 2.84. The highest BCUT2D eigenvalue weighted by molar-refractivity contribution is 5.83. The van der Waals surface area contributed by atoms with Gasteiger partial charge in [0.15, 0.2) is 0 Å². The van der Waals surface area contributed by atoms with Gasteiger partial charge in [-0.3, -0.25) is 14.5 Å². The van der Waals surface area contributed by atoms with Gasteiger partial charge in [0.05, 0.1) is 19.3 Å². The summed E-state index contributed by atoms with van der Waals surface area (Å²) >= 11 is 0. The highest BCUT2D eigenvalue weighted by Crippen LogP contribution is 2.21. The van der Waals surface area contributed by atoms with Crippen LogP contribution in [0.25, 0.3) is 0 Å². The summed E-state index contributed by atoms with van der Waals surface area (Å²) in [5.41, 5.74) is 0. The molecule has 0 radical (unpaired) electrons. The summed E-state index contributed by atoms with van der Waals surface area (Å²) in [5, 5.41) is 12.1. The highest BCUT2D eigenvalue weighted by Gasteiger charge is 2.40. The topological polar surface area (TPSA) is 78.9 Å². The number of β-amino-alcohol motifs (C(OH)–C–C–N with tert-alkyl or cyclic N) is 1. The fourth-order valence-corrected chi connectivity index (χ4v) is 1.99. The molecule has 6 nitrogen and oxygen atoms in total. The quantitative estimate of drug-likeness (QED) is 0.591. The number of methoxy groups -OCH3 is 1. The van der Waals surface area contributed by atoms with Gasteiger partial charge in [-0.15, -0.1) is 0 Å². The molecule has 0 saturated carbocycles. The Morgan fingerprint density at radius 3 is 2.69 bits per heavy atom. The van der Waals surface area contributed by atoms with E-state index in [4.69, 9.17) is 0 Å². The number of likely N-dealkylation sites (tertiary alicyclic amines) is 1. The van der Waals surface area contributed by atoms with Crippen LogP contribution in [0.3, 0.4) is 0 Å². The lowest BCUT2D eigenvalue weighted by Gasteiger charge is -2.27. The minimum atomic E-state index is -0.587. The summed E-state index contributed by atoms with van der Waals surface area (Å²) in [6.45, 7) is 2.02. The molecule has 1 fully saturated rings. The SMILES string of the molecule is CNC(=O)C(C)N1CC(O)CC1C(=O)OC. The van der Waals surface area contributed by atoms with Gasteiger partial charge in [0.25, 0.3) is 0 Å². The lowest BCUT2D eigenvalue weighted by molar-refractivity contribution is -0.147. The number of carbonyl (C=O) groups is 2. The molecule has 0 aromatic rings. The minimum Gasteiger partial charge on any atom is -0.468 e.